The van der Waals surface area contributed by atoms with Crippen molar-refractivity contribution >= 4 is 0 Å². The van der Waals surface area contributed by atoms with Crippen LogP contribution in [0.1, 0.15) is 70.5 Å². The van der Waals surface area contributed by atoms with Crippen molar-refractivity contribution in [3.8, 4) is 0 Å². The van der Waals surface area contributed by atoms with Crippen molar-refractivity contribution in [2.45, 2.75) is 64.8 Å². The van der Waals surface area contributed by atoms with Crippen molar-refractivity contribution in [2.24, 2.45) is 17.6 Å². The maximum absolute atomic E-state index is 5.97. The van der Waals surface area contributed by atoms with Crippen LogP contribution in [0.4, 0.5) is 0 Å². The van der Waals surface area contributed by atoms with Gasteiger partial charge in [-0.3, -0.25) is 0 Å². The number of aromatic nitrogens is 2. The Morgan fingerprint density at radius 3 is 2.53 bits per heavy atom. The second-order valence-corrected chi connectivity index (χ2v) is 6.39. The van der Waals surface area contributed by atoms with E-state index in [1.165, 1.54) is 37.8 Å². The molecule has 1 aromatic heterocycles. The van der Waals surface area contributed by atoms with E-state index in [2.05, 4.69) is 30.3 Å². The Labute approximate surface area is 117 Å². The Kier molecular flexibility index (Phi) is 5.03. The molecule has 19 heavy (non-hydrogen) atoms. The first-order valence-corrected chi connectivity index (χ1v) is 7.89. The van der Waals surface area contributed by atoms with Crippen LogP contribution < -0.4 is 5.73 Å². The molecule has 3 heteroatoms. The van der Waals surface area contributed by atoms with Gasteiger partial charge in [-0.1, -0.05) is 27.2 Å². The Morgan fingerprint density at radius 2 is 2.00 bits per heavy atom. The molecule has 2 N–H and O–H groups in total. The molecular weight excluding hydrogens is 234 g/mol. The number of hydrogen-bond donors (Lipinski definition) is 1. The third kappa shape index (κ3) is 3.19. The van der Waals surface area contributed by atoms with Crippen molar-refractivity contribution in [1.29, 1.82) is 0 Å². The molecule has 1 saturated carbocycles. The number of hydrogen-bond acceptors (Lipinski definition) is 2. The van der Waals surface area contributed by atoms with E-state index in [0.717, 1.165) is 5.92 Å². The van der Waals surface area contributed by atoms with Crippen LogP contribution in [0.5, 0.6) is 0 Å². The molecule has 0 spiro atoms. The fraction of sp³-hybridized carbons (Fsp3) is 0.812. The quantitative estimate of drug-likeness (QED) is 0.880. The summed E-state index contributed by atoms with van der Waals surface area (Å²) in [6, 6.07) is 0.646. The van der Waals surface area contributed by atoms with Gasteiger partial charge in [-0.2, -0.15) is 0 Å². The van der Waals surface area contributed by atoms with E-state index in [9.17, 15) is 0 Å². The van der Waals surface area contributed by atoms with Gasteiger partial charge in [0.05, 0.1) is 6.33 Å². The zero-order valence-corrected chi connectivity index (χ0v) is 12.7. The van der Waals surface area contributed by atoms with Gasteiger partial charge in [0.25, 0.3) is 0 Å². The highest BCUT2D eigenvalue weighted by Crippen LogP contribution is 2.36. The Hall–Kier alpha value is -0.830. The normalized spacial score (nSPS) is 25.7. The van der Waals surface area contributed by atoms with Gasteiger partial charge in [0.1, 0.15) is 0 Å². The molecule has 1 aliphatic rings. The van der Waals surface area contributed by atoms with Crippen molar-refractivity contribution in [3.05, 3.63) is 18.2 Å². The van der Waals surface area contributed by atoms with Crippen LogP contribution in [0.15, 0.2) is 12.5 Å². The number of rotatable bonds is 5. The predicted octanol–water partition coefficient (Wildman–Crippen LogP) is 3.72. The van der Waals surface area contributed by atoms with Gasteiger partial charge >= 0.3 is 0 Å². The van der Waals surface area contributed by atoms with E-state index in [-0.39, 0.29) is 0 Å². The predicted molar refractivity (Wildman–Crippen MR) is 80.1 cm³/mol. The molecule has 2 rings (SSSR count). The summed E-state index contributed by atoms with van der Waals surface area (Å²) in [6.07, 6.45) is 10.7. The van der Waals surface area contributed by atoms with Crippen LogP contribution in [0, 0.1) is 11.8 Å². The van der Waals surface area contributed by atoms with Crippen LogP contribution in [0.25, 0.3) is 0 Å². The number of nitrogens with zero attached hydrogens (tertiary/aromatic N) is 2. The van der Waals surface area contributed by atoms with Crippen molar-refractivity contribution in [2.75, 3.05) is 6.54 Å². The van der Waals surface area contributed by atoms with Crippen molar-refractivity contribution in [1.82, 2.24) is 9.55 Å². The van der Waals surface area contributed by atoms with E-state index in [1.54, 1.807) is 0 Å². The Morgan fingerprint density at radius 1 is 1.32 bits per heavy atom. The molecule has 108 valence electrons. The molecule has 1 fully saturated rings. The summed E-state index contributed by atoms with van der Waals surface area (Å²) in [5.74, 6) is 1.96. The molecule has 1 aliphatic carbocycles. The highest BCUT2D eigenvalue weighted by Gasteiger charge is 2.25. The molecule has 0 aromatic carbocycles. The lowest BCUT2D eigenvalue weighted by atomic mass is 9.84. The van der Waals surface area contributed by atoms with Crippen LogP contribution in [-0.4, -0.2) is 16.1 Å². The molecular formula is C16H29N3. The second kappa shape index (κ2) is 6.56. The summed E-state index contributed by atoms with van der Waals surface area (Å²) >= 11 is 0. The summed E-state index contributed by atoms with van der Waals surface area (Å²) in [5, 5.41) is 0. The maximum atomic E-state index is 5.97. The highest BCUT2D eigenvalue weighted by molar-refractivity contribution is 5.10. The van der Waals surface area contributed by atoms with E-state index in [1.807, 2.05) is 12.5 Å². The van der Waals surface area contributed by atoms with E-state index >= 15 is 0 Å². The molecule has 0 bridgehead atoms. The molecule has 0 saturated heterocycles. The van der Waals surface area contributed by atoms with Crippen molar-refractivity contribution < 1.29 is 0 Å². The summed E-state index contributed by atoms with van der Waals surface area (Å²) in [5.41, 5.74) is 7.31. The van der Waals surface area contributed by atoms with Gasteiger partial charge in [-0.15, -0.1) is 0 Å². The fourth-order valence-electron chi connectivity index (χ4n) is 3.47. The largest absolute Gasteiger partial charge is 0.331 e. The minimum Gasteiger partial charge on any atom is -0.331 e. The average Bonchev–Trinajstić information content (AvgIpc) is 2.88. The lowest BCUT2D eigenvalue weighted by molar-refractivity contribution is 0.262. The summed E-state index contributed by atoms with van der Waals surface area (Å²) in [6.45, 7) is 7.54. The zero-order chi connectivity index (χ0) is 13.8. The van der Waals surface area contributed by atoms with Gasteiger partial charge in [-0.25, -0.2) is 4.98 Å². The smallest absolute Gasteiger partial charge is 0.0950 e. The standard InChI is InChI=1S/C16H29N3/c1-4-13-5-7-14(8-6-13)19-11-18-10-16(19)15(9-17)12(2)3/h10-15H,4-9,17H2,1-3H3. The number of imidazole rings is 1. The molecule has 0 aliphatic heterocycles. The summed E-state index contributed by atoms with van der Waals surface area (Å²) in [4.78, 5) is 4.40. The third-order valence-corrected chi connectivity index (χ3v) is 4.92. The molecule has 1 heterocycles. The van der Waals surface area contributed by atoms with E-state index in [4.69, 9.17) is 5.73 Å². The van der Waals surface area contributed by atoms with Gasteiger partial charge in [0.15, 0.2) is 0 Å². The molecule has 0 amide bonds. The van der Waals surface area contributed by atoms with Crippen molar-refractivity contribution in [3.63, 3.8) is 0 Å². The maximum Gasteiger partial charge on any atom is 0.0950 e. The number of nitrogens with two attached hydrogens (primary N) is 1. The molecule has 0 radical (unpaired) electrons. The van der Waals surface area contributed by atoms with Crippen LogP contribution in [0.3, 0.4) is 0 Å². The topological polar surface area (TPSA) is 43.8 Å². The Bertz CT molecular complexity index is 375. The minimum absolute atomic E-state index is 0.436. The SMILES string of the molecule is CCC1CCC(n2cncc2C(CN)C(C)C)CC1. The Balaban J connectivity index is 2.11. The van der Waals surface area contributed by atoms with Gasteiger partial charge < -0.3 is 10.3 Å². The van der Waals surface area contributed by atoms with Gasteiger partial charge in [-0.05, 0) is 37.5 Å². The molecule has 1 atom stereocenters. The second-order valence-electron chi connectivity index (χ2n) is 6.39. The third-order valence-electron chi connectivity index (χ3n) is 4.92. The van der Waals surface area contributed by atoms with Gasteiger partial charge in [0.2, 0.25) is 0 Å². The van der Waals surface area contributed by atoms with Crippen LogP contribution >= 0.6 is 0 Å². The molecule has 3 nitrogen and oxygen atoms in total. The zero-order valence-electron chi connectivity index (χ0n) is 12.7. The lowest BCUT2D eigenvalue weighted by Crippen LogP contribution is -2.24. The van der Waals surface area contributed by atoms with E-state index in [0.29, 0.717) is 24.4 Å². The monoisotopic (exact) mass is 263 g/mol. The van der Waals surface area contributed by atoms with Gasteiger partial charge in [0, 0.05) is 30.4 Å². The van der Waals surface area contributed by atoms with E-state index < -0.39 is 0 Å². The molecule has 1 aromatic rings. The minimum atomic E-state index is 0.436. The van der Waals surface area contributed by atoms with Crippen LogP contribution in [-0.2, 0) is 0 Å². The highest BCUT2D eigenvalue weighted by atomic mass is 15.1. The summed E-state index contributed by atoms with van der Waals surface area (Å²) in [7, 11) is 0. The average molecular weight is 263 g/mol. The lowest BCUT2D eigenvalue weighted by Gasteiger charge is -2.31. The fourth-order valence-corrected chi connectivity index (χ4v) is 3.47. The first-order chi connectivity index (χ1) is 9.17. The van der Waals surface area contributed by atoms with Crippen LogP contribution in [0.2, 0.25) is 0 Å². The first kappa shape index (κ1) is 14.6. The first-order valence-electron chi connectivity index (χ1n) is 7.89. The molecule has 1 unspecified atom stereocenters. The summed E-state index contributed by atoms with van der Waals surface area (Å²) < 4.78 is 2.42.